The smallest absolute Gasteiger partial charge is 0.233 e. The van der Waals surface area contributed by atoms with Crippen molar-refractivity contribution >= 4 is 27.7 Å². The summed E-state index contributed by atoms with van der Waals surface area (Å²) in [4.78, 5) is 4.29. The first-order valence-electron chi connectivity index (χ1n) is 7.46. The number of nitrogens with one attached hydrogen (secondary N) is 1. The van der Waals surface area contributed by atoms with E-state index in [1.165, 1.54) is 6.08 Å². The van der Waals surface area contributed by atoms with Crippen molar-refractivity contribution in [2.75, 3.05) is 6.54 Å². The van der Waals surface area contributed by atoms with Gasteiger partial charge in [-0.15, -0.1) is 0 Å². The van der Waals surface area contributed by atoms with Crippen LogP contribution >= 0.6 is 11.6 Å². The Balaban J connectivity index is 1.58. The van der Waals surface area contributed by atoms with Crippen molar-refractivity contribution in [2.45, 2.75) is 19.4 Å². The van der Waals surface area contributed by atoms with Gasteiger partial charge in [0, 0.05) is 42.3 Å². The lowest BCUT2D eigenvalue weighted by molar-refractivity contribution is 0.380. The zero-order valence-corrected chi connectivity index (χ0v) is 14.1. The van der Waals surface area contributed by atoms with Gasteiger partial charge in [0.2, 0.25) is 10.0 Å². The maximum absolute atomic E-state index is 12.1. The molecule has 0 aliphatic carbocycles. The Morgan fingerprint density at radius 2 is 2.22 bits per heavy atom. The van der Waals surface area contributed by atoms with Crippen molar-refractivity contribution in [2.24, 2.45) is 5.92 Å². The van der Waals surface area contributed by atoms with Gasteiger partial charge in [0.05, 0.1) is 0 Å². The molecule has 1 unspecified atom stereocenters. The van der Waals surface area contributed by atoms with Crippen LogP contribution in [0.2, 0.25) is 5.02 Å². The molecule has 1 aromatic carbocycles. The van der Waals surface area contributed by atoms with Gasteiger partial charge in [0.15, 0.2) is 0 Å². The second-order valence-corrected chi connectivity index (χ2v) is 7.67. The quantitative estimate of drug-likeness (QED) is 0.900. The number of hydrogen-bond donors (Lipinski definition) is 1. The van der Waals surface area contributed by atoms with E-state index in [0.29, 0.717) is 17.1 Å². The molecule has 1 N–H and O–H groups in total. The molecule has 2 heterocycles. The van der Waals surface area contributed by atoms with E-state index in [-0.39, 0.29) is 5.92 Å². The number of imidazole rings is 1. The molecule has 2 aromatic rings. The fourth-order valence-corrected chi connectivity index (χ4v) is 3.73. The number of nitrogens with zero attached hydrogens (tertiary/aromatic N) is 2. The summed E-state index contributed by atoms with van der Waals surface area (Å²) in [5.74, 6) is 1.29. The molecule has 0 saturated carbocycles. The number of aryl methyl sites for hydroxylation is 1. The largest absolute Gasteiger partial charge is 0.335 e. The zero-order chi connectivity index (χ0) is 16.3. The zero-order valence-electron chi connectivity index (χ0n) is 12.5. The molecule has 0 saturated heterocycles. The highest BCUT2D eigenvalue weighted by Crippen LogP contribution is 2.19. The molecule has 7 heteroatoms. The minimum absolute atomic E-state index is 0.272. The van der Waals surface area contributed by atoms with Crippen LogP contribution in [0.4, 0.5) is 0 Å². The van der Waals surface area contributed by atoms with Crippen LogP contribution in [-0.2, 0) is 23.0 Å². The summed E-state index contributed by atoms with van der Waals surface area (Å²) in [7, 11) is -3.48. The Morgan fingerprint density at radius 1 is 1.39 bits per heavy atom. The van der Waals surface area contributed by atoms with E-state index >= 15 is 0 Å². The first-order chi connectivity index (χ1) is 11.0. The Morgan fingerprint density at radius 3 is 3.04 bits per heavy atom. The average Bonchev–Trinajstić information content (AvgIpc) is 3.00. The fraction of sp³-hybridized carbons (Fsp3) is 0.312. The molecule has 1 atom stereocenters. The van der Waals surface area contributed by atoms with Crippen LogP contribution in [0.1, 0.15) is 17.8 Å². The predicted molar refractivity (Wildman–Crippen MR) is 91.4 cm³/mol. The molecule has 3 rings (SSSR count). The molecule has 5 nitrogen and oxygen atoms in total. The van der Waals surface area contributed by atoms with E-state index in [2.05, 4.69) is 14.3 Å². The molecular formula is C16H18ClN3O2S. The van der Waals surface area contributed by atoms with Gasteiger partial charge in [0.1, 0.15) is 5.82 Å². The van der Waals surface area contributed by atoms with Crippen LogP contribution in [0.25, 0.3) is 6.08 Å². The van der Waals surface area contributed by atoms with Crippen molar-refractivity contribution in [1.29, 1.82) is 0 Å². The Labute approximate surface area is 141 Å². The summed E-state index contributed by atoms with van der Waals surface area (Å²) in [6.07, 6.45) is 7.00. The second kappa shape index (κ2) is 6.86. The third-order valence-corrected chi connectivity index (χ3v) is 5.36. The minimum Gasteiger partial charge on any atom is -0.335 e. The van der Waals surface area contributed by atoms with Gasteiger partial charge in [-0.05, 0) is 30.0 Å². The highest BCUT2D eigenvalue weighted by atomic mass is 35.5. The third-order valence-electron chi connectivity index (χ3n) is 3.96. The molecule has 0 bridgehead atoms. The van der Waals surface area contributed by atoms with E-state index in [4.69, 9.17) is 11.6 Å². The number of halogens is 1. The molecule has 0 spiro atoms. The van der Waals surface area contributed by atoms with Gasteiger partial charge in [-0.25, -0.2) is 18.1 Å². The molecule has 1 aromatic heterocycles. The van der Waals surface area contributed by atoms with E-state index in [9.17, 15) is 8.42 Å². The highest BCUT2D eigenvalue weighted by molar-refractivity contribution is 7.92. The summed E-state index contributed by atoms with van der Waals surface area (Å²) < 4.78 is 28.9. The lowest BCUT2D eigenvalue weighted by Crippen LogP contribution is -2.32. The summed E-state index contributed by atoms with van der Waals surface area (Å²) in [6, 6.07) is 7.12. The normalized spacial score (nSPS) is 18.2. The topological polar surface area (TPSA) is 64.0 Å². The van der Waals surface area contributed by atoms with E-state index in [1.54, 1.807) is 24.4 Å². The second-order valence-electron chi connectivity index (χ2n) is 5.61. The molecular weight excluding hydrogens is 334 g/mol. The first kappa shape index (κ1) is 16.2. The minimum atomic E-state index is -3.48. The molecule has 1 aliphatic heterocycles. The van der Waals surface area contributed by atoms with Gasteiger partial charge >= 0.3 is 0 Å². The van der Waals surface area contributed by atoms with Gasteiger partial charge in [0.25, 0.3) is 0 Å². The first-order valence-corrected chi connectivity index (χ1v) is 9.38. The number of rotatable bonds is 5. The Kier molecular flexibility index (Phi) is 4.84. The van der Waals surface area contributed by atoms with Crippen molar-refractivity contribution in [3.05, 3.63) is 58.5 Å². The third kappa shape index (κ3) is 4.22. The van der Waals surface area contributed by atoms with Crippen LogP contribution < -0.4 is 4.72 Å². The van der Waals surface area contributed by atoms with Crippen molar-refractivity contribution in [3.8, 4) is 0 Å². The number of hydrogen-bond acceptors (Lipinski definition) is 3. The number of benzene rings is 1. The van der Waals surface area contributed by atoms with E-state index in [0.717, 1.165) is 30.6 Å². The van der Waals surface area contributed by atoms with Gasteiger partial charge in [-0.1, -0.05) is 29.8 Å². The van der Waals surface area contributed by atoms with Crippen LogP contribution in [0, 0.1) is 5.92 Å². The highest BCUT2D eigenvalue weighted by Gasteiger charge is 2.20. The average molecular weight is 352 g/mol. The fourth-order valence-electron chi connectivity index (χ4n) is 2.65. The van der Waals surface area contributed by atoms with Crippen LogP contribution in [-0.4, -0.2) is 24.5 Å². The summed E-state index contributed by atoms with van der Waals surface area (Å²) in [5, 5.41) is 1.69. The van der Waals surface area contributed by atoms with Gasteiger partial charge in [-0.2, -0.15) is 0 Å². The van der Waals surface area contributed by atoms with Crippen molar-refractivity contribution < 1.29 is 8.42 Å². The summed E-state index contributed by atoms with van der Waals surface area (Å²) in [6.45, 7) is 1.30. The van der Waals surface area contributed by atoms with Crippen LogP contribution in [0.15, 0.2) is 42.1 Å². The molecule has 122 valence electrons. The summed E-state index contributed by atoms with van der Waals surface area (Å²) in [5.41, 5.74) is 0.680. The van der Waals surface area contributed by atoms with E-state index in [1.807, 2.05) is 12.3 Å². The van der Waals surface area contributed by atoms with Crippen LogP contribution in [0.3, 0.4) is 0 Å². The van der Waals surface area contributed by atoms with Gasteiger partial charge < -0.3 is 4.57 Å². The maximum atomic E-state index is 12.1. The monoisotopic (exact) mass is 351 g/mol. The van der Waals surface area contributed by atoms with Crippen molar-refractivity contribution in [1.82, 2.24) is 14.3 Å². The Bertz CT molecular complexity index is 814. The molecule has 0 radical (unpaired) electrons. The number of fused-ring (bicyclic) bond motifs is 1. The number of aromatic nitrogens is 2. The van der Waals surface area contributed by atoms with E-state index < -0.39 is 10.0 Å². The van der Waals surface area contributed by atoms with Crippen molar-refractivity contribution in [3.63, 3.8) is 0 Å². The molecule has 0 amide bonds. The maximum Gasteiger partial charge on any atom is 0.233 e. The van der Waals surface area contributed by atoms with Gasteiger partial charge in [-0.3, -0.25) is 0 Å². The standard InChI is InChI=1S/C16H18ClN3O2S/c17-15-4-2-1-3-14(15)6-10-23(21,22)19-12-13-5-8-20-9-7-18-16(20)11-13/h1-4,6-7,9-10,13,19H,5,8,11-12H2/b10-6+. The SMILES string of the molecule is O=S(=O)(/C=C/c1ccccc1Cl)NCC1CCn2ccnc2C1. The molecule has 1 aliphatic rings. The van der Waals surface area contributed by atoms with Crippen LogP contribution in [0.5, 0.6) is 0 Å². The Hall–Kier alpha value is -1.63. The number of sulfonamides is 1. The lowest BCUT2D eigenvalue weighted by atomic mass is 9.98. The predicted octanol–water partition coefficient (Wildman–Crippen LogP) is 2.69. The molecule has 0 fully saturated rings. The summed E-state index contributed by atoms with van der Waals surface area (Å²) >= 11 is 6.01. The lowest BCUT2D eigenvalue weighted by Gasteiger charge is -2.23. The molecule has 23 heavy (non-hydrogen) atoms.